The zero-order chi connectivity index (χ0) is 11.4. The number of hydrogen-bond donors (Lipinski definition) is 1. The van der Waals surface area contributed by atoms with Crippen molar-refractivity contribution in [3.63, 3.8) is 0 Å². The quantitative estimate of drug-likeness (QED) is 0.861. The van der Waals surface area contributed by atoms with Gasteiger partial charge in [0.2, 0.25) is 0 Å². The molecule has 0 radical (unpaired) electrons. The maximum absolute atomic E-state index is 3.99. The van der Waals surface area contributed by atoms with Crippen molar-refractivity contribution >= 4 is 22.6 Å². The van der Waals surface area contributed by atoms with E-state index >= 15 is 0 Å². The number of nitrogens with zero attached hydrogens (tertiary/aromatic N) is 4. The molecule has 0 aliphatic heterocycles. The predicted octanol–water partition coefficient (Wildman–Crippen LogP) is 1.38. The average Bonchev–Trinajstić information content (AvgIpc) is 2.75. The molecule has 0 saturated carbocycles. The Morgan fingerprint density at radius 1 is 1.31 bits per heavy atom. The summed E-state index contributed by atoms with van der Waals surface area (Å²) in [4.78, 5) is 0. The zero-order valence-electron chi connectivity index (χ0n) is 8.89. The third-order valence-corrected chi connectivity index (χ3v) is 2.86. The number of rotatable bonds is 4. The Hall–Kier alpha value is -1.02. The number of aromatic nitrogens is 4. The smallest absolute Gasteiger partial charge is 0.170 e. The maximum atomic E-state index is 3.99. The third kappa shape index (κ3) is 2.56. The highest BCUT2D eigenvalue weighted by atomic mass is 127. The van der Waals surface area contributed by atoms with Crippen molar-refractivity contribution in [1.82, 2.24) is 25.5 Å². The van der Waals surface area contributed by atoms with E-state index in [9.17, 15) is 0 Å². The summed E-state index contributed by atoms with van der Waals surface area (Å²) in [5, 5.41) is 14.9. The molecule has 84 valence electrons. The standard InChI is InChI=1S/C10H12IN5/c1-2-12-7-10-13-14-15-16(10)9-5-3-8(11)4-6-9/h3-6,12H,2,7H2,1H3. The fraction of sp³-hybridized carbons (Fsp3) is 0.300. The number of tetrazole rings is 1. The molecule has 1 heterocycles. The van der Waals surface area contributed by atoms with Crippen LogP contribution < -0.4 is 5.32 Å². The molecule has 1 N–H and O–H groups in total. The Morgan fingerprint density at radius 2 is 2.06 bits per heavy atom. The lowest BCUT2D eigenvalue weighted by molar-refractivity contribution is 0.664. The molecule has 0 atom stereocenters. The Bertz CT molecular complexity index is 450. The van der Waals surface area contributed by atoms with Crippen LogP contribution in [0, 0.1) is 3.57 Å². The molecule has 6 heteroatoms. The monoisotopic (exact) mass is 329 g/mol. The van der Waals surface area contributed by atoms with Gasteiger partial charge in [-0.2, -0.15) is 4.68 Å². The van der Waals surface area contributed by atoms with Gasteiger partial charge in [0.15, 0.2) is 5.82 Å². The van der Waals surface area contributed by atoms with Gasteiger partial charge < -0.3 is 5.32 Å². The van der Waals surface area contributed by atoms with Crippen molar-refractivity contribution < 1.29 is 0 Å². The van der Waals surface area contributed by atoms with E-state index in [2.05, 4.69) is 50.4 Å². The summed E-state index contributed by atoms with van der Waals surface area (Å²) >= 11 is 2.27. The van der Waals surface area contributed by atoms with E-state index in [1.807, 2.05) is 24.3 Å². The van der Waals surface area contributed by atoms with Gasteiger partial charge in [0, 0.05) is 3.57 Å². The molecule has 0 spiro atoms. The van der Waals surface area contributed by atoms with E-state index in [4.69, 9.17) is 0 Å². The first-order valence-electron chi connectivity index (χ1n) is 5.05. The Morgan fingerprint density at radius 3 is 2.75 bits per heavy atom. The molecule has 5 nitrogen and oxygen atoms in total. The molecule has 0 unspecified atom stereocenters. The van der Waals surface area contributed by atoms with Crippen molar-refractivity contribution in [2.45, 2.75) is 13.5 Å². The van der Waals surface area contributed by atoms with Crippen LogP contribution in [0.3, 0.4) is 0 Å². The topological polar surface area (TPSA) is 55.6 Å². The number of nitrogens with one attached hydrogen (secondary N) is 1. The van der Waals surface area contributed by atoms with Crippen LogP contribution in [0.4, 0.5) is 0 Å². The lowest BCUT2D eigenvalue weighted by atomic mass is 10.3. The highest BCUT2D eigenvalue weighted by Gasteiger charge is 2.06. The second-order valence-electron chi connectivity index (χ2n) is 3.26. The van der Waals surface area contributed by atoms with Gasteiger partial charge in [0.1, 0.15) is 0 Å². The molecule has 1 aromatic carbocycles. The van der Waals surface area contributed by atoms with Crippen LogP contribution in [-0.2, 0) is 6.54 Å². The fourth-order valence-corrected chi connectivity index (χ4v) is 1.70. The summed E-state index contributed by atoms with van der Waals surface area (Å²) in [7, 11) is 0. The van der Waals surface area contributed by atoms with E-state index < -0.39 is 0 Å². The summed E-state index contributed by atoms with van der Waals surface area (Å²) < 4.78 is 2.95. The number of hydrogen-bond acceptors (Lipinski definition) is 4. The predicted molar refractivity (Wildman–Crippen MR) is 69.3 cm³/mol. The molecule has 16 heavy (non-hydrogen) atoms. The Labute approximate surface area is 107 Å². The average molecular weight is 329 g/mol. The van der Waals surface area contributed by atoms with Gasteiger partial charge in [-0.25, -0.2) is 0 Å². The highest BCUT2D eigenvalue weighted by Crippen LogP contribution is 2.11. The summed E-state index contributed by atoms with van der Waals surface area (Å²) in [5.41, 5.74) is 0.985. The normalized spacial score (nSPS) is 10.6. The van der Waals surface area contributed by atoms with Crippen LogP contribution in [0.5, 0.6) is 0 Å². The molecule has 0 fully saturated rings. The largest absolute Gasteiger partial charge is 0.310 e. The lowest BCUT2D eigenvalue weighted by Crippen LogP contribution is -2.16. The van der Waals surface area contributed by atoms with Crippen molar-refractivity contribution in [2.24, 2.45) is 0 Å². The first-order chi connectivity index (χ1) is 7.81. The van der Waals surface area contributed by atoms with E-state index in [-0.39, 0.29) is 0 Å². The van der Waals surface area contributed by atoms with Gasteiger partial charge in [-0.1, -0.05) is 6.92 Å². The number of benzene rings is 1. The molecule has 0 aliphatic carbocycles. The zero-order valence-corrected chi connectivity index (χ0v) is 11.0. The van der Waals surface area contributed by atoms with Crippen molar-refractivity contribution in [2.75, 3.05) is 6.54 Å². The molecule has 0 aliphatic rings. The molecule has 2 aromatic rings. The second-order valence-corrected chi connectivity index (χ2v) is 4.51. The minimum absolute atomic E-state index is 0.676. The van der Waals surface area contributed by atoms with Gasteiger partial charge in [-0.15, -0.1) is 5.10 Å². The Kier molecular flexibility index (Phi) is 3.83. The summed E-state index contributed by atoms with van der Waals surface area (Å²) in [5.74, 6) is 0.822. The minimum Gasteiger partial charge on any atom is -0.310 e. The van der Waals surface area contributed by atoms with E-state index in [1.54, 1.807) is 4.68 Å². The molecule has 0 saturated heterocycles. The molecule has 0 amide bonds. The van der Waals surface area contributed by atoms with Crippen LogP contribution in [-0.4, -0.2) is 26.8 Å². The molecule has 1 aromatic heterocycles. The van der Waals surface area contributed by atoms with Crippen molar-refractivity contribution in [3.05, 3.63) is 33.7 Å². The van der Waals surface area contributed by atoms with Crippen LogP contribution in [0.1, 0.15) is 12.7 Å². The van der Waals surface area contributed by atoms with Crippen LogP contribution >= 0.6 is 22.6 Å². The van der Waals surface area contributed by atoms with E-state index in [1.165, 1.54) is 3.57 Å². The maximum Gasteiger partial charge on any atom is 0.170 e. The molecule has 0 bridgehead atoms. The van der Waals surface area contributed by atoms with E-state index in [0.717, 1.165) is 18.1 Å². The first-order valence-corrected chi connectivity index (χ1v) is 6.13. The minimum atomic E-state index is 0.676. The van der Waals surface area contributed by atoms with Gasteiger partial charge in [0.05, 0.1) is 12.2 Å². The van der Waals surface area contributed by atoms with Gasteiger partial charge >= 0.3 is 0 Å². The second kappa shape index (κ2) is 5.35. The fourth-order valence-electron chi connectivity index (χ4n) is 1.34. The molecule has 2 rings (SSSR count). The summed E-state index contributed by atoms with van der Waals surface area (Å²) in [6, 6.07) is 8.09. The SMILES string of the molecule is CCNCc1nnnn1-c1ccc(I)cc1. The number of halogens is 1. The van der Waals surface area contributed by atoms with Gasteiger partial charge in [-0.05, 0) is 63.8 Å². The third-order valence-electron chi connectivity index (χ3n) is 2.14. The van der Waals surface area contributed by atoms with E-state index in [0.29, 0.717) is 6.54 Å². The van der Waals surface area contributed by atoms with Crippen LogP contribution in [0.25, 0.3) is 5.69 Å². The van der Waals surface area contributed by atoms with Crippen LogP contribution in [0.15, 0.2) is 24.3 Å². The van der Waals surface area contributed by atoms with Crippen molar-refractivity contribution in [3.8, 4) is 5.69 Å². The molecular formula is C10H12IN5. The van der Waals surface area contributed by atoms with Crippen LogP contribution in [0.2, 0.25) is 0 Å². The lowest BCUT2D eigenvalue weighted by Gasteiger charge is -2.04. The van der Waals surface area contributed by atoms with Gasteiger partial charge in [0.25, 0.3) is 0 Å². The summed E-state index contributed by atoms with van der Waals surface area (Å²) in [6.45, 7) is 3.63. The van der Waals surface area contributed by atoms with Gasteiger partial charge in [-0.3, -0.25) is 0 Å². The summed E-state index contributed by atoms with van der Waals surface area (Å²) in [6.07, 6.45) is 0. The first kappa shape index (κ1) is 11.5. The highest BCUT2D eigenvalue weighted by molar-refractivity contribution is 14.1. The van der Waals surface area contributed by atoms with Crippen molar-refractivity contribution in [1.29, 1.82) is 0 Å². The molecular weight excluding hydrogens is 317 g/mol. The Balaban J connectivity index is 2.26.